The number of hydrogen-bond donors (Lipinski definition) is 0. The molecule has 13 heavy (non-hydrogen) atoms. The van der Waals surface area contributed by atoms with Crippen molar-refractivity contribution in [2.45, 2.75) is 6.92 Å². The molecular weight excluding hydrogens is 186 g/mol. The Bertz CT molecular complexity index is 361. The van der Waals surface area contributed by atoms with Gasteiger partial charge in [-0.25, -0.2) is 4.79 Å². The highest BCUT2D eigenvalue weighted by molar-refractivity contribution is 6.30. The maximum absolute atomic E-state index is 10.1. The van der Waals surface area contributed by atoms with Gasteiger partial charge in [-0.3, -0.25) is 0 Å². The molecule has 0 saturated carbocycles. The standard InChI is InChI=1S/C10H8ClNO/c1-2-10(12-7-13)8-3-5-9(11)6-4-8/h2-6H,1H3/b10-2+. The van der Waals surface area contributed by atoms with Crippen molar-refractivity contribution >= 4 is 23.4 Å². The molecule has 0 saturated heterocycles. The molecule has 0 atom stereocenters. The molecule has 0 radical (unpaired) electrons. The second kappa shape index (κ2) is 4.61. The second-order valence-corrected chi connectivity index (χ2v) is 2.82. The van der Waals surface area contributed by atoms with E-state index in [9.17, 15) is 4.79 Å². The fourth-order valence-corrected chi connectivity index (χ4v) is 1.09. The molecule has 0 aliphatic carbocycles. The van der Waals surface area contributed by atoms with Crippen molar-refractivity contribution < 1.29 is 4.79 Å². The number of carbonyl (C=O) groups excluding carboxylic acids is 1. The molecule has 0 N–H and O–H groups in total. The summed E-state index contributed by atoms with van der Waals surface area (Å²) in [6, 6.07) is 7.11. The minimum absolute atomic E-state index is 0.603. The van der Waals surface area contributed by atoms with E-state index < -0.39 is 0 Å². The average Bonchev–Trinajstić information content (AvgIpc) is 2.16. The van der Waals surface area contributed by atoms with Crippen LogP contribution in [0.1, 0.15) is 12.5 Å². The van der Waals surface area contributed by atoms with Crippen molar-refractivity contribution in [2.24, 2.45) is 4.99 Å². The quantitative estimate of drug-likeness (QED) is 0.524. The number of hydrogen-bond acceptors (Lipinski definition) is 2. The molecule has 0 heterocycles. The van der Waals surface area contributed by atoms with Crippen LogP contribution in [0.5, 0.6) is 0 Å². The van der Waals surface area contributed by atoms with Crippen LogP contribution in [0.3, 0.4) is 0 Å². The Morgan fingerprint density at radius 2 is 2.08 bits per heavy atom. The molecule has 0 aliphatic heterocycles. The van der Waals surface area contributed by atoms with Gasteiger partial charge >= 0.3 is 0 Å². The summed E-state index contributed by atoms with van der Waals surface area (Å²) >= 11 is 5.71. The Balaban J connectivity index is 3.07. The first-order chi connectivity index (χ1) is 6.27. The lowest BCUT2D eigenvalue weighted by Crippen LogP contribution is -1.79. The van der Waals surface area contributed by atoms with Crippen LogP contribution in [0, 0.1) is 0 Å². The molecule has 0 fully saturated rings. The van der Waals surface area contributed by atoms with Crippen molar-refractivity contribution in [1.29, 1.82) is 0 Å². The largest absolute Gasteiger partial charge is 0.240 e. The lowest BCUT2D eigenvalue weighted by Gasteiger charge is -1.98. The summed E-state index contributed by atoms with van der Waals surface area (Å²) in [7, 11) is 0. The van der Waals surface area contributed by atoms with E-state index in [1.165, 1.54) is 6.08 Å². The van der Waals surface area contributed by atoms with Gasteiger partial charge in [0, 0.05) is 10.6 Å². The molecular formula is C10H8ClNO. The van der Waals surface area contributed by atoms with Gasteiger partial charge in [0.25, 0.3) is 0 Å². The van der Waals surface area contributed by atoms with Gasteiger partial charge in [0.1, 0.15) is 0 Å². The van der Waals surface area contributed by atoms with E-state index >= 15 is 0 Å². The van der Waals surface area contributed by atoms with Crippen LogP contribution in [0.4, 0.5) is 0 Å². The molecule has 1 aromatic rings. The first-order valence-corrected chi connectivity index (χ1v) is 4.16. The van der Waals surface area contributed by atoms with Gasteiger partial charge in [0.05, 0.1) is 5.70 Å². The summed E-state index contributed by atoms with van der Waals surface area (Å²) in [5.74, 6) is 0. The molecule has 0 unspecified atom stereocenters. The molecule has 0 bridgehead atoms. The Hall–Kier alpha value is -1.37. The third kappa shape index (κ3) is 2.55. The van der Waals surface area contributed by atoms with E-state index in [4.69, 9.17) is 11.6 Å². The molecule has 3 heteroatoms. The summed E-state index contributed by atoms with van der Waals surface area (Å²) in [6.07, 6.45) is 3.25. The van der Waals surface area contributed by atoms with Crippen LogP contribution < -0.4 is 0 Å². The Morgan fingerprint density at radius 3 is 2.54 bits per heavy atom. The molecule has 0 spiro atoms. The fraction of sp³-hybridized carbons (Fsp3) is 0.100. The molecule has 0 aliphatic rings. The summed E-state index contributed by atoms with van der Waals surface area (Å²) in [5, 5.41) is 0.661. The number of isocyanates is 1. The summed E-state index contributed by atoms with van der Waals surface area (Å²) in [5.41, 5.74) is 1.46. The average molecular weight is 194 g/mol. The molecule has 0 aromatic heterocycles. The van der Waals surface area contributed by atoms with Crippen molar-refractivity contribution in [3.05, 3.63) is 40.9 Å². The third-order valence-electron chi connectivity index (χ3n) is 1.58. The molecule has 66 valence electrons. The van der Waals surface area contributed by atoms with Crippen molar-refractivity contribution in [3.8, 4) is 0 Å². The predicted molar refractivity (Wildman–Crippen MR) is 53.2 cm³/mol. The molecule has 0 amide bonds. The minimum atomic E-state index is 0.603. The number of benzene rings is 1. The van der Waals surface area contributed by atoms with Crippen LogP contribution in [-0.2, 0) is 4.79 Å². The number of allylic oxidation sites excluding steroid dienone is 1. The fourth-order valence-electron chi connectivity index (χ4n) is 0.966. The van der Waals surface area contributed by atoms with Gasteiger partial charge in [0.15, 0.2) is 0 Å². The van der Waals surface area contributed by atoms with E-state index in [1.807, 2.05) is 6.92 Å². The lowest BCUT2D eigenvalue weighted by molar-refractivity contribution is 0.565. The van der Waals surface area contributed by atoms with Crippen LogP contribution in [0.25, 0.3) is 5.70 Å². The Morgan fingerprint density at radius 1 is 1.46 bits per heavy atom. The first kappa shape index (κ1) is 9.72. The van der Waals surface area contributed by atoms with Gasteiger partial charge in [-0.1, -0.05) is 29.8 Å². The summed E-state index contributed by atoms with van der Waals surface area (Å²) in [6.45, 7) is 1.81. The van der Waals surface area contributed by atoms with Crippen LogP contribution in [0.15, 0.2) is 35.3 Å². The Labute approximate surface area is 81.6 Å². The highest BCUT2D eigenvalue weighted by Crippen LogP contribution is 2.17. The van der Waals surface area contributed by atoms with Crippen molar-refractivity contribution in [1.82, 2.24) is 0 Å². The second-order valence-electron chi connectivity index (χ2n) is 2.38. The van der Waals surface area contributed by atoms with Gasteiger partial charge in [-0.2, -0.15) is 4.99 Å². The van der Waals surface area contributed by atoms with Gasteiger partial charge in [0.2, 0.25) is 6.08 Å². The molecule has 1 aromatic carbocycles. The number of nitrogens with zero attached hydrogens (tertiary/aromatic N) is 1. The highest BCUT2D eigenvalue weighted by atomic mass is 35.5. The summed E-state index contributed by atoms with van der Waals surface area (Å²) in [4.78, 5) is 13.6. The van der Waals surface area contributed by atoms with E-state index in [2.05, 4.69) is 4.99 Å². The SMILES string of the molecule is C/C=C(/N=C=O)c1ccc(Cl)cc1. The number of halogens is 1. The maximum Gasteiger partial charge on any atom is 0.240 e. The predicted octanol–water partition coefficient (Wildman–Crippen LogP) is 3.04. The molecule has 2 nitrogen and oxygen atoms in total. The smallest absolute Gasteiger partial charge is 0.211 e. The minimum Gasteiger partial charge on any atom is -0.211 e. The van der Waals surface area contributed by atoms with E-state index in [1.54, 1.807) is 30.3 Å². The monoisotopic (exact) mass is 193 g/mol. The normalized spacial score (nSPS) is 10.8. The zero-order valence-corrected chi connectivity index (χ0v) is 7.88. The maximum atomic E-state index is 10.1. The molecule has 1 rings (SSSR count). The van der Waals surface area contributed by atoms with E-state index in [0.29, 0.717) is 10.7 Å². The summed E-state index contributed by atoms with van der Waals surface area (Å²) < 4.78 is 0. The van der Waals surface area contributed by atoms with Crippen molar-refractivity contribution in [3.63, 3.8) is 0 Å². The zero-order valence-electron chi connectivity index (χ0n) is 7.12. The number of aliphatic imine (C=N–C) groups is 1. The van der Waals surface area contributed by atoms with Crippen LogP contribution >= 0.6 is 11.6 Å². The van der Waals surface area contributed by atoms with Crippen LogP contribution in [-0.4, -0.2) is 6.08 Å². The van der Waals surface area contributed by atoms with Gasteiger partial charge in [-0.05, 0) is 19.1 Å². The lowest BCUT2D eigenvalue weighted by atomic mass is 10.1. The topological polar surface area (TPSA) is 29.4 Å². The first-order valence-electron chi connectivity index (χ1n) is 3.78. The van der Waals surface area contributed by atoms with Crippen LogP contribution in [0.2, 0.25) is 5.02 Å². The van der Waals surface area contributed by atoms with E-state index in [-0.39, 0.29) is 0 Å². The van der Waals surface area contributed by atoms with Gasteiger partial charge in [-0.15, -0.1) is 0 Å². The van der Waals surface area contributed by atoms with Crippen molar-refractivity contribution in [2.75, 3.05) is 0 Å². The number of rotatable bonds is 2. The third-order valence-corrected chi connectivity index (χ3v) is 1.83. The Kier molecular flexibility index (Phi) is 3.44. The van der Waals surface area contributed by atoms with Gasteiger partial charge < -0.3 is 0 Å². The van der Waals surface area contributed by atoms with E-state index in [0.717, 1.165) is 5.56 Å². The zero-order chi connectivity index (χ0) is 9.68. The highest BCUT2D eigenvalue weighted by Gasteiger charge is 1.97.